The molecule has 1 aromatic carbocycles. The number of hydrogen-bond acceptors (Lipinski definition) is 8. The van der Waals surface area contributed by atoms with Gasteiger partial charge in [-0.05, 0) is 17.7 Å². The van der Waals surface area contributed by atoms with Crippen molar-refractivity contribution in [2.45, 2.75) is 6.54 Å². The van der Waals surface area contributed by atoms with Gasteiger partial charge in [0.05, 0.1) is 67.1 Å². The molecule has 8 heteroatoms. The Hall–Kier alpha value is -1.58. The molecule has 1 aromatic rings. The summed E-state index contributed by atoms with van der Waals surface area (Å²) in [6, 6.07) is 3.63. The van der Waals surface area contributed by atoms with Crippen molar-refractivity contribution in [1.29, 1.82) is 0 Å². The van der Waals surface area contributed by atoms with Crippen LogP contribution >= 0.6 is 0 Å². The van der Waals surface area contributed by atoms with Crippen LogP contribution in [0, 0.1) is 0 Å². The van der Waals surface area contributed by atoms with Crippen LogP contribution in [0.5, 0.6) is 17.2 Å². The third-order valence-corrected chi connectivity index (χ3v) is 4.17. The van der Waals surface area contributed by atoms with Gasteiger partial charge in [-0.1, -0.05) is 0 Å². The summed E-state index contributed by atoms with van der Waals surface area (Å²) in [6.45, 7) is 6.76. The lowest BCUT2D eigenvalue weighted by atomic mass is 10.1. The molecule has 0 spiro atoms. The molecule has 1 heterocycles. The quantitative estimate of drug-likeness (QED) is 0.831. The standard InChI is InChI=1S/C19H31NO7/c1-22-17-13-16(14-18(23-2)19(17)21)15-20-3-5-24-7-9-26-11-12-27-10-8-25-6-4-20/h13-14,21H,3-12,15H2,1-2H3. The molecule has 2 rings (SSSR count). The molecule has 0 atom stereocenters. The average molecular weight is 385 g/mol. The fourth-order valence-electron chi connectivity index (χ4n) is 2.72. The number of phenolic OH excluding ortho intramolecular Hbond substituents is 1. The van der Waals surface area contributed by atoms with Gasteiger partial charge in [0, 0.05) is 19.6 Å². The van der Waals surface area contributed by atoms with E-state index in [4.69, 9.17) is 28.4 Å². The first-order valence-corrected chi connectivity index (χ1v) is 9.21. The zero-order valence-electron chi connectivity index (χ0n) is 16.3. The highest BCUT2D eigenvalue weighted by molar-refractivity contribution is 5.52. The van der Waals surface area contributed by atoms with Gasteiger partial charge in [0.2, 0.25) is 5.75 Å². The minimum absolute atomic E-state index is 0.00693. The van der Waals surface area contributed by atoms with Gasteiger partial charge in [0.25, 0.3) is 0 Å². The molecule has 0 unspecified atom stereocenters. The number of aromatic hydroxyl groups is 1. The summed E-state index contributed by atoms with van der Waals surface area (Å²) in [6.07, 6.45) is 0. The fourth-order valence-corrected chi connectivity index (χ4v) is 2.72. The zero-order chi connectivity index (χ0) is 19.3. The van der Waals surface area contributed by atoms with Crippen molar-refractivity contribution in [2.75, 3.05) is 80.2 Å². The number of ether oxygens (including phenoxy) is 6. The van der Waals surface area contributed by atoms with Crippen LogP contribution in [0.25, 0.3) is 0 Å². The van der Waals surface area contributed by atoms with E-state index in [9.17, 15) is 5.11 Å². The van der Waals surface area contributed by atoms with Crippen molar-refractivity contribution in [3.8, 4) is 17.2 Å². The summed E-state index contributed by atoms with van der Waals surface area (Å²) in [4.78, 5) is 2.23. The van der Waals surface area contributed by atoms with E-state index in [1.54, 1.807) is 0 Å². The summed E-state index contributed by atoms with van der Waals surface area (Å²) in [7, 11) is 3.04. The largest absolute Gasteiger partial charge is 0.502 e. The number of rotatable bonds is 4. The van der Waals surface area contributed by atoms with E-state index in [0.29, 0.717) is 70.9 Å². The Morgan fingerprint density at radius 3 is 1.59 bits per heavy atom. The predicted octanol–water partition coefficient (Wildman–Crippen LogP) is 1.29. The molecule has 0 aliphatic carbocycles. The van der Waals surface area contributed by atoms with Crippen molar-refractivity contribution in [1.82, 2.24) is 4.90 Å². The number of methoxy groups -OCH3 is 2. The van der Waals surface area contributed by atoms with E-state index in [1.807, 2.05) is 12.1 Å². The van der Waals surface area contributed by atoms with Gasteiger partial charge in [-0.25, -0.2) is 0 Å². The van der Waals surface area contributed by atoms with Crippen molar-refractivity contribution >= 4 is 0 Å². The fraction of sp³-hybridized carbons (Fsp3) is 0.684. The second-order valence-corrected chi connectivity index (χ2v) is 6.07. The van der Waals surface area contributed by atoms with Crippen LogP contribution in [-0.2, 0) is 25.5 Å². The molecular formula is C19H31NO7. The third kappa shape index (κ3) is 7.90. The summed E-state index contributed by atoms with van der Waals surface area (Å²) in [5, 5.41) is 10.1. The van der Waals surface area contributed by atoms with Gasteiger partial charge in [0.15, 0.2) is 11.5 Å². The Bertz CT molecular complexity index is 500. The SMILES string of the molecule is COc1cc(CN2CCOCCOCCOCCOCC2)cc(OC)c1O. The van der Waals surface area contributed by atoms with Crippen LogP contribution in [0.15, 0.2) is 12.1 Å². The molecule has 0 saturated carbocycles. The van der Waals surface area contributed by atoms with Crippen molar-refractivity contribution in [3.63, 3.8) is 0 Å². The molecule has 27 heavy (non-hydrogen) atoms. The zero-order valence-corrected chi connectivity index (χ0v) is 16.3. The first-order valence-electron chi connectivity index (χ1n) is 9.21. The Labute approximate surface area is 160 Å². The smallest absolute Gasteiger partial charge is 0.200 e. The number of benzene rings is 1. The highest BCUT2D eigenvalue weighted by atomic mass is 16.6. The lowest BCUT2D eigenvalue weighted by molar-refractivity contribution is 0.00206. The lowest BCUT2D eigenvalue weighted by Gasteiger charge is -2.23. The molecule has 1 aliphatic heterocycles. The van der Waals surface area contributed by atoms with Crippen LogP contribution < -0.4 is 9.47 Å². The van der Waals surface area contributed by atoms with Crippen LogP contribution in [0.1, 0.15) is 5.56 Å². The topological polar surface area (TPSA) is 78.9 Å². The minimum Gasteiger partial charge on any atom is -0.502 e. The van der Waals surface area contributed by atoms with Crippen LogP contribution in [0.4, 0.5) is 0 Å². The van der Waals surface area contributed by atoms with E-state index in [0.717, 1.165) is 18.7 Å². The van der Waals surface area contributed by atoms with Crippen LogP contribution in [-0.4, -0.2) is 90.2 Å². The molecular weight excluding hydrogens is 354 g/mol. The van der Waals surface area contributed by atoms with Gasteiger partial charge in [0.1, 0.15) is 0 Å². The summed E-state index contributed by atoms with van der Waals surface area (Å²) in [5.74, 6) is 0.793. The molecule has 8 nitrogen and oxygen atoms in total. The molecule has 1 fully saturated rings. The van der Waals surface area contributed by atoms with E-state index < -0.39 is 0 Å². The summed E-state index contributed by atoms with van der Waals surface area (Å²) >= 11 is 0. The normalized spacial score (nSPS) is 19.0. The molecule has 1 N–H and O–H groups in total. The first kappa shape index (κ1) is 21.7. The third-order valence-electron chi connectivity index (χ3n) is 4.17. The Morgan fingerprint density at radius 2 is 1.19 bits per heavy atom. The molecule has 154 valence electrons. The van der Waals surface area contributed by atoms with Gasteiger partial charge in [-0.3, -0.25) is 4.90 Å². The first-order chi connectivity index (χ1) is 13.2. The van der Waals surface area contributed by atoms with Crippen LogP contribution in [0.2, 0.25) is 0 Å². The van der Waals surface area contributed by atoms with Crippen molar-refractivity contribution in [2.24, 2.45) is 0 Å². The van der Waals surface area contributed by atoms with E-state index in [1.165, 1.54) is 14.2 Å². The predicted molar refractivity (Wildman–Crippen MR) is 99.8 cm³/mol. The van der Waals surface area contributed by atoms with Crippen molar-refractivity contribution in [3.05, 3.63) is 17.7 Å². The monoisotopic (exact) mass is 385 g/mol. The molecule has 0 aromatic heterocycles. The number of hydrogen-bond donors (Lipinski definition) is 1. The van der Waals surface area contributed by atoms with E-state index >= 15 is 0 Å². The Kier molecular flexibility index (Phi) is 10.3. The van der Waals surface area contributed by atoms with Gasteiger partial charge in [-0.15, -0.1) is 0 Å². The Morgan fingerprint density at radius 1 is 0.778 bits per heavy atom. The minimum atomic E-state index is 0.00693. The maximum absolute atomic E-state index is 10.1. The van der Waals surface area contributed by atoms with E-state index in [-0.39, 0.29) is 5.75 Å². The maximum Gasteiger partial charge on any atom is 0.200 e. The van der Waals surface area contributed by atoms with Gasteiger partial charge >= 0.3 is 0 Å². The molecule has 1 saturated heterocycles. The second kappa shape index (κ2) is 12.7. The van der Waals surface area contributed by atoms with E-state index in [2.05, 4.69) is 4.90 Å². The maximum atomic E-state index is 10.1. The van der Waals surface area contributed by atoms with Gasteiger partial charge < -0.3 is 33.5 Å². The molecule has 1 aliphatic rings. The Balaban J connectivity index is 1.97. The number of nitrogens with zero attached hydrogens (tertiary/aromatic N) is 1. The molecule has 0 amide bonds. The van der Waals surface area contributed by atoms with Crippen molar-refractivity contribution < 1.29 is 33.5 Å². The summed E-state index contributed by atoms with van der Waals surface area (Å²) < 4.78 is 32.7. The molecule has 0 bridgehead atoms. The number of phenols is 1. The average Bonchev–Trinajstić information content (AvgIpc) is 2.69. The van der Waals surface area contributed by atoms with Gasteiger partial charge in [-0.2, -0.15) is 0 Å². The highest BCUT2D eigenvalue weighted by Crippen LogP contribution is 2.37. The second-order valence-electron chi connectivity index (χ2n) is 6.07. The van der Waals surface area contributed by atoms with Crippen LogP contribution in [0.3, 0.4) is 0 Å². The summed E-state index contributed by atoms with van der Waals surface area (Å²) in [5.41, 5.74) is 0.978. The highest BCUT2D eigenvalue weighted by Gasteiger charge is 2.14. The molecule has 0 radical (unpaired) electrons. The lowest BCUT2D eigenvalue weighted by Crippen LogP contribution is -2.31.